The van der Waals surface area contributed by atoms with Crippen molar-refractivity contribution in [1.29, 1.82) is 0 Å². The van der Waals surface area contributed by atoms with Crippen LogP contribution >= 0.6 is 0 Å². The summed E-state index contributed by atoms with van der Waals surface area (Å²) in [5.74, 6) is -4.45. The fourth-order valence-corrected chi connectivity index (χ4v) is 1.33. The molecule has 0 saturated carbocycles. The molecule has 0 aliphatic carbocycles. The highest BCUT2D eigenvalue weighted by atomic mass is 32.2. The first-order valence-corrected chi connectivity index (χ1v) is 4.58. The van der Waals surface area contributed by atoms with E-state index in [9.17, 15) is 17.2 Å². The maximum Gasteiger partial charge on any atom is 0.273 e. The lowest BCUT2D eigenvalue weighted by Crippen LogP contribution is -2.35. The minimum Gasteiger partial charge on any atom is -0.325 e. The van der Waals surface area contributed by atoms with Crippen LogP contribution in [0.4, 0.5) is 8.78 Å². The van der Waals surface area contributed by atoms with Crippen molar-refractivity contribution in [3.63, 3.8) is 0 Å². The summed E-state index contributed by atoms with van der Waals surface area (Å²) in [6, 6.07) is 0. The molecule has 10 heavy (non-hydrogen) atoms. The largest absolute Gasteiger partial charge is 0.325 e. The van der Waals surface area contributed by atoms with Gasteiger partial charge in [-0.2, -0.15) is 0 Å². The van der Waals surface area contributed by atoms with Gasteiger partial charge in [-0.15, -0.1) is 0 Å². The molecule has 62 valence electrons. The van der Waals surface area contributed by atoms with E-state index >= 15 is 0 Å². The van der Waals surface area contributed by atoms with Crippen LogP contribution in [0.3, 0.4) is 0 Å². The lowest BCUT2D eigenvalue weighted by atomic mass is 10.4. The van der Waals surface area contributed by atoms with Gasteiger partial charge in [0.1, 0.15) is 5.75 Å². The Kier molecular flexibility index (Phi) is 2.73. The van der Waals surface area contributed by atoms with Gasteiger partial charge in [0, 0.05) is 6.26 Å². The molecule has 0 heterocycles. The second-order valence-corrected chi connectivity index (χ2v) is 4.27. The smallest absolute Gasteiger partial charge is 0.273 e. The van der Waals surface area contributed by atoms with Crippen LogP contribution in [-0.2, 0) is 9.84 Å². The normalized spacial score (nSPS) is 13.6. The Morgan fingerprint density at radius 3 is 2.00 bits per heavy atom. The minimum absolute atomic E-state index is 0.747. The third-order valence-corrected chi connectivity index (χ3v) is 1.72. The van der Waals surface area contributed by atoms with Crippen molar-refractivity contribution in [3.05, 3.63) is 0 Å². The number of hydrogen-bond acceptors (Lipinski definition) is 3. The average molecular weight is 173 g/mol. The van der Waals surface area contributed by atoms with Gasteiger partial charge in [0.05, 0.1) is 6.54 Å². The third-order valence-electron chi connectivity index (χ3n) is 0.772. The quantitative estimate of drug-likeness (QED) is 0.633. The maximum absolute atomic E-state index is 12.1. The van der Waals surface area contributed by atoms with Gasteiger partial charge in [-0.25, -0.2) is 17.2 Å². The van der Waals surface area contributed by atoms with Crippen molar-refractivity contribution in [2.45, 2.75) is 5.92 Å². The molecule has 0 atom stereocenters. The minimum atomic E-state index is -3.62. The summed E-state index contributed by atoms with van der Waals surface area (Å²) < 4.78 is 44.8. The van der Waals surface area contributed by atoms with Crippen molar-refractivity contribution in [2.75, 3.05) is 18.6 Å². The molecule has 0 saturated heterocycles. The van der Waals surface area contributed by atoms with E-state index in [4.69, 9.17) is 0 Å². The van der Waals surface area contributed by atoms with Gasteiger partial charge in [0.25, 0.3) is 5.92 Å². The molecule has 0 aromatic carbocycles. The average Bonchev–Trinajstić information content (AvgIpc) is 1.60. The first-order chi connectivity index (χ1) is 4.27. The molecule has 0 aromatic rings. The Labute approximate surface area is 58.1 Å². The lowest BCUT2D eigenvalue weighted by molar-refractivity contribution is 0.0358. The van der Waals surface area contributed by atoms with Gasteiger partial charge in [-0.3, -0.25) is 0 Å². The highest BCUT2D eigenvalue weighted by molar-refractivity contribution is 7.90. The predicted molar refractivity (Wildman–Crippen MR) is 33.7 cm³/mol. The highest BCUT2D eigenvalue weighted by Gasteiger charge is 2.31. The number of halogens is 2. The molecule has 0 radical (unpaired) electrons. The van der Waals surface area contributed by atoms with E-state index in [0.29, 0.717) is 0 Å². The fraction of sp³-hybridized carbons (Fsp3) is 1.00. The standard InChI is InChI=1S/C4H9F2NO2S/c1-10(8,9)3-4(5,6)2-7/h2-3,7H2,1H3. The van der Waals surface area contributed by atoms with E-state index in [1.54, 1.807) is 0 Å². The molecule has 0 fully saturated rings. The summed E-state index contributed by atoms with van der Waals surface area (Å²) in [4.78, 5) is 0. The van der Waals surface area contributed by atoms with Gasteiger partial charge >= 0.3 is 0 Å². The molecule has 6 heteroatoms. The van der Waals surface area contributed by atoms with Crippen LogP contribution in [0.15, 0.2) is 0 Å². The first kappa shape index (κ1) is 9.77. The second kappa shape index (κ2) is 2.79. The second-order valence-electron chi connectivity index (χ2n) is 2.13. The topological polar surface area (TPSA) is 60.2 Å². The zero-order valence-electron chi connectivity index (χ0n) is 5.47. The van der Waals surface area contributed by atoms with E-state index in [-0.39, 0.29) is 0 Å². The number of rotatable bonds is 3. The van der Waals surface area contributed by atoms with Crippen molar-refractivity contribution in [1.82, 2.24) is 0 Å². The Morgan fingerprint density at radius 1 is 1.50 bits per heavy atom. The van der Waals surface area contributed by atoms with Gasteiger partial charge in [-0.05, 0) is 0 Å². The summed E-state index contributed by atoms with van der Waals surface area (Å²) in [5.41, 5.74) is 4.60. The van der Waals surface area contributed by atoms with Crippen LogP contribution < -0.4 is 5.73 Å². The van der Waals surface area contributed by atoms with Crippen LogP contribution in [0.2, 0.25) is 0 Å². The van der Waals surface area contributed by atoms with E-state index in [2.05, 4.69) is 5.73 Å². The van der Waals surface area contributed by atoms with Crippen LogP contribution in [0.25, 0.3) is 0 Å². The summed E-state index contributed by atoms with van der Waals surface area (Å²) >= 11 is 0. The monoisotopic (exact) mass is 173 g/mol. The van der Waals surface area contributed by atoms with Gasteiger partial charge in [0.2, 0.25) is 0 Å². The Hall–Kier alpha value is -0.230. The van der Waals surface area contributed by atoms with Crippen molar-refractivity contribution in [2.24, 2.45) is 5.73 Å². The summed E-state index contributed by atoms with van der Waals surface area (Å²) in [6.45, 7) is -0.930. The maximum atomic E-state index is 12.1. The van der Waals surface area contributed by atoms with Crippen molar-refractivity contribution in [3.8, 4) is 0 Å². The van der Waals surface area contributed by atoms with Crippen LogP contribution in [0, 0.1) is 0 Å². The van der Waals surface area contributed by atoms with E-state index in [0.717, 1.165) is 6.26 Å². The molecule has 0 aromatic heterocycles. The Bertz CT molecular complexity index is 199. The fourth-order valence-electron chi connectivity index (χ4n) is 0.443. The van der Waals surface area contributed by atoms with Crippen molar-refractivity contribution < 1.29 is 17.2 Å². The molecular formula is C4H9F2NO2S. The molecule has 0 rings (SSSR count). The zero-order chi connectivity index (χ0) is 8.41. The first-order valence-electron chi connectivity index (χ1n) is 2.52. The number of hydrogen-bond donors (Lipinski definition) is 1. The molecule has 0 amide bonds. The van der Waals surface area contributed by atoms with Crippen LogP contribution in [-0.4, -0.2) is 32.9 Å². The van der Waals surface area contributed by atoms with Crippen LogP contribution in [0.1, 0.15) is 0 Å². The van der Waals surface area contributed by atoms with Gasteiger partial charge in [-0.1, -0.05) is 0 Å². The molecule has 0 aliphatic rings. The third kappa shape index (κ3) is 4.63. The summed E-state index contributed by atoms with van der Waals surface area (Å²) in [6.07, 6.45) is 0.747. The molecule has 2 N–H and O–H groups in total. The Morgan fingerprint density at radius 2 is 1.90 bits per heavy atom. The SMILES string of the molecule is CS(=O)(=O)CC(F)(F)CN. The van der Waals surface area contributed by atoms with Crippen molar-refractivity contribution >= 4 is 9.84 Å². The number of nitrogens with two attached hydrogens (primary N) is 1. The molecule has 0 aliphatic heterocycles. The zero-order valence-corrected chi connectivity index (χ0v) is 6.29. The highest BCUT2D eigenvalue weighted by Crippen LogP contribution is 2.12. The van der Waals surface area contributed by atoms with E-state index < -0.39 is 28.1 Å². The molecular weight excluding hydrogens is 164 g/mol. The lowest BCUT2D eigenvalue weighted by Gasteiger charge is -2.10. The summed E-state index contributed by atoms with van der Waals surface area (Å²) in [5, 5.41) is 0. The molecule has 0 spiro atoms. The van der Waals surface area contributed by atoms with Gasteiger partial charge < -0.3 is 5.73 Å². The number of alkyl halides is 2. The summed E-state index contributed by atoms with van der Waals surface area (Å²) in [7, 11) is -3.62. The van der Waals surface area contributed by atoms with Gasteiger partial charge in [0.15, 0.2) is 9.84 Å². The molecule has 3 nitrogen and oxygen atoms in total. The molecule has 0 unspecified atom stereocenters. The predicted octanol–water partition coefficient (Wildman–Crippen LogP) is -0.375. The number of sulfone groups is 1. The Balaban J connectivity index is 4.16. The van der Waals surface area contributed by atoms with E-state index in [1.165, 1.54) is 0 Å². The molecule has 0 bridgehead atoms. The van der Waals surface area contributed by atoms with E-state index in [1.807, 2.05) is 0 Å². The van der Waals surface area contributed by atoms with Crippen LogP contribution in [0.5, 0.6) is 0 Å².